The molecular formula is C23H23ClN4OS. The zero-order chi connectivity index (χ0) is 20.9. The van der Waals surface area contributed by atoms with Gasteiger partial charge >= 0.3 is 0 Å². The SMILES string of the molecule is CCC(O)c1ccc(CNc2nc(NCc3cccs3)nc3ccc(Cl)cc23)cc1. The van der Waals surface area contributed by atoms with Crippen molar-refractivity contribution < 1.29 is 5.11 Å². The van der Waals surface area contributed by atoms with Crippen LogP contribution in [0.25, 0.3) is 10.9 Å². The molecule has 0 bridgehead atoms. The van der Waals surface area contributed by atoms with Gasteiger partial charge in [0.2, 0.25) is 5.95 Å². The fraction of sp³-hybridized carbons (Fsp3) is 0.217. The Morgan fingerprint density at radius 1 is 1.03 bits per heavy atom. The summed E-state index contributed by atoms with van der Waals surface area (Å²) in [4.78, 5) is 10.5. The number of fused-ring (bicyclic) bond motifs is 1. The summed E-state index contributed by atoms with van der Waals surface area (Å²) in [6.07, 6.45) is 0.281. The number of benzene rings is 2. The molecule has 0 saturated heterocycles. The average molecular weight is 439 g/mol. The minimum atomic E-state index is -0.420. The Bertz CT molecular complexity index is 1120. The first-order chi connectivity index (χ1) is 14.6. The fourth-order valence-corrected chi connectivity index (χ4v) is 3.99. The highest BCUT2D eigenvalue weighted by Crippen LogP contribution is 2.26. The maximum atomic E-state index is 9.97. The summed E-state index contributed by atoms with van der Waals surface area (Å²) in [7, 11) is 0. The number of anilines is 2. The smallest absolute Gasteiger partial charge is 0.225 e. The molecule has 0 saturated carbocycles. The number of rotatable bonds is 8. The number of nitrogens with one attached hydrogen (secondary N) is 2. The van der Waals surface area contributed by atoms with Crippen molar-refractivity contribution in [3.05, 3.63) is 81.0 Å². The Kier molecular flexibility index (Phi) is 6.47. The molecule has 3 N–H and O–H groups in total. The van der Waals surface area contributed by atoms with Crippen LogP contribution in [-0.2, 0) is 13.1 Å². The molecule has 4 rings (SSSR count). The van der Waals surface area contributed by atoms with Crippen LogP contribution in [0.1, 0.15) is 35.5 Å². The van der Waals surface area contributed by atoms with E-state index in [1.54, 1.807) is 11.3 Å². The second-order valence-electron chi connectivity index (χ2n) is 7.01. The average Bonchev–Trinajstić information content (AvgIpc) is 3.30. The molecule has 1 unspecified atom stereocenters. The van der Waals surface area contributed by atoms with Crippen molar-refractivity contribution in [2.75, 3.05) is 10.6 Å². The molecule has 7 heteroatoms. The van der Waals surface area contributed by atoms with Gasteiger partial charge in [-0.25, -0.2) is 4.98 Å². The van der Waals surface area contributed by atoms with Gasteiger partial charge in [-0.05, 0) is 47.2 Å². The van der Waals surface area contributed by atoms with Crippen molar-refractivity contribution in [2.45, 2.75) is 32.5 Å². The Hall–Kier alpha value is -2.67. The number of aliphatic hydroxyl groups is 1. The maximum absolute atomic E-state index is 9.97. The van der Waals surface area contributed by atoms with E-state index in [4.69, 9.17) is 11.6 Å². The van der Waals surface area contributed by atoms with Gasteiger partial charge in [0.25, 0.3) is 0 Å². The Labute approximate surface area is 184 Å². The Balaban J connectivity index is 1.55. The van der Waals surface area contributed by atoms with Crippen LogP contribution < -0.4 is 10.6 Å². The number of hydrogen-bond donors (Lipinski definition) is 3. The first kappa shape index (κ1) is 20.6. The molecule has 2 aromatic heterocycles. The van der Waals surface area contributed by atoms with E-state index >= 15 is 0 Å². The second-order valence-corrected chi connectivity index (χ2v) is 8.48. The van der Waals surface area contributed by atoms with Gasteiger partial charge in [0.15, 0.2) is 0 Å². The van der Waals surface area contributed by atoms with Crippen molar-refractivity contribution in [1.29, 1.82) is 0 Å². The largest absolute Gasteiger partial charge is 0.388 e. The summed E-state index contributed by atoms with van der Waals surface area (Å²) in [5.74, 6) is 1.30. The normalized spacial score (nSPS) is 12.1. The van der Waals surface area contributed by atoms with Crippen LogP contribution in [0.15, 0.2) is 60.0 Å². The van der Waals surface area contributed by atoms with Crippen LogP contribution in [0.5, 0.6) is 0 Å². The van der Waals surface area contributed by atoms with Gasteiger partial charge in [-0.15, -0.1) is 11.3 Å². The summed E-state index contributed by atoms with van der Waals surface area (Å²) in [6, 6.07) is 17.7. The molecule has 2 aromatic carbocycles. The second kappa shape index (κ2) is 9.43. The Morgan fingerprint density at radius 3 is 2.60 bits per heavy atom. The molecule has 30 heavy (non-hydrogen) atoms. The van der Waals surface area contributed by atoms with Crippen LogP contribution in [0, 0.1) is 0 Å². The van der Waals surface area contributed by atoms with Crippen LogP contribution in [0.2, 0.25) is 5.02 Å². The molecule has 154 valence electrons. The molecular weight excluding hydrogens is 416 g/mol. The zero-order valence-electron chi connectivity index (χ0n) is 16.6. The van der Waals surface area contributed by atoms with E-state index in [2.05, 4.69) is 32.0 Å². The number of aliphatic hydroxyl groups excluding tert-OH is 1. The quantitative estimate of drug-likeness (QED) is 0.314. The minimum absolute atomic E-state index is 0.420. The molecule has 0 aliphatic heterocycles. The van der Waals surface area contributed by atoms with Crippen LogP contribution in [0.4, 0.5) is 11.8 Å². The lowest BCUT2D eigenvalue weighted by Gasteiger charge is -2.13. The van der Waals surface area contributed by atoms with E-state index in [1.807, 2.05) is 55.5 Å². The molecule has 4 aromatic rings. The minimum Gasteiger partial charge on any atom is -0.388 e. The van der Waals surface area contributed by atoms with Crippen molar-refractivity contribution in [2.24, 2.45) is 0 Å². The van der Waals surface area contributed by atoms with Gasteiger partial charge in [-0.2, -0.15) is 4.98 Å². The monoisotopic (exact) mass is 438 g/mol. The van der Waals surface area contributed by atoms with Gasteiger partial charge < -0.3 is 15.7 Å². The number of halogens is 1. The number of hydrogen-bond acceptors (Lipinski definition) is 6. The first-order valence-corrected chi connectivity index (χ1v) is 11.1. The van der Waals surface area contributed by atoms with Gasteiger partial charge in [0.05, 0.1) is 18.2 Å². The lowest BCUT2D eigenvalue weighted by atomic mass is 10.1. The van der Waals surface area contributed by atoms with E-state index in [1.165, 1.54) is 4.88 Å². The molecule has 5 nitrogen and oxygen atoms in total. The predicted octanol–water partition coefficient (Wildman–Crippen LogP) is 6.01. The summed E-state index contributed by atoms with van der Waals surface area (Å²) in [6.45, 7) is 3.25. The van der Waals surface area contributed by atoms with E-state index in [9.17, 15) is 5.11 Å². The molecule has 0 aliphatic carbocycles. The molecule has 2 heterocycles. The highest BCUT2D eigenvalue weighted by Gasteiger charge is 2.10. The summed E-state index contributed by atoms with van der Waals surface area (Å²) < 4.78 is 0. The zero-order valence-corrected chi connectivity index (χ0v) is 18.2. The lowest BCUT2D eigenvalue weighted by Crippen LogP contribution is -2.08. The maximum Gasteiger partial charge on any atom is 0.225 e. The molecule has 0 fully saturated rings. The highest BCUT2D eigenvalue weighted by atomic mass is 35.5. The van der Waals surface area contributed by atoms with Gasteiger partial charge in [-0.1, -0.05) is 48.9 Å². The lowest BCUT2D eigenvalue weighted by molar-refractivity contribution is 0.173. The molecule has 0 radical (unpaired) electrons. The van der Waals surface area contributed by atoms with Crippen LogP contribution in [-0.4, -0.2) is 15.1 Å². The predicted molar refractivity (Wildman–Crippen MR) is 125 cm³/mol. The first-order valence-electron chi connectivity index (χ1n) is 9.86. The summed E-state index contributed by atoms with van der Waals surface area (Å²) in [5, 5.41) is 20.3. The van der Waals surface area contributed by atoms with Crippen LogP contribution in [0.3, 0.4) is 0 Å². The van der Waals surface area contributed by atoms with E-state index in [-0.39, 0.29) is 0 Å². The number of nitrogens with zero attached hydrogens (tertiary/aromatic N) is 2. The van der Waals surface area contributed by atoms with Gasteiger partial charge in [0.1, 0.15) is 5.82 Å². The summed E-state index contributed by atoms with van der Waals surface area (Å²) in [5.41, 5.74) is 2.86. The molecule has 1 atom stereocenters. The standard InChI is InChI=1S/C23H23ClN4OS/c1-2-21(29)16-7-5-15(6-8-16)13-25-22-19-12-17(24)9-10-20(19)27-23(28-22)26-14-18-4-3-11-30-18/h3-12,21,29H,2,13-14H2,1H3,(H2,25,26,27,28). The van der Waals surface area contributed by atoms with E-state index < -0.39 is 6.10 Å². The third-order valence-corrected chi connectivity index (χ3v) is 5.98. The van der Waals surface area contributed by atoms with E-state index in [0.717, 1.165) is 27.8 Å². The van der Waals surface area contributed by atoms with E-state index in [0.29, 0.717) is 30.5 Å². The van der Waals surface area contributed by atoms with Gasteiger partial charge in [0, 0.05) is 21.8 Å². The van der Waals surface area contributed by atoms with Crippen LogP contribution >= 0.6 is 22.9 Å². The highest BCUT2D eigenvalue weighted by molar-refractivity contribution is 7.09. The topological polar surface area (TPSA) is 70.1 Å². The van der Waals surface area contributed by atoms with Gasteiger partial charge in [-0.3, -0.25) is 0 Å². The molecule has 0 amide bonds. The van der Waals surface area contributed by atoms with Crippen molar-refractivity contribution >= 4 is 45.6 Å². The third-order valence-electron chi connectivity index (χ3n) is 4.87. The number of aromatic nitrogens is 2. The Morgan fingerprint density at radius 2 is 1.87 bits per heavy atom. The van der Waals surface area contributed by atoms with Crippen molar-refractivity contribution in [1.82, 2.24) is 9.97 Å². The van der Waals surface area contributed by atoms with Crippen molar-refractivity contribution in [3.8, 4) is 0 Å². The fourth-order valence-electron chi connectivity index (χ4n) is 3.17. The van der Waals surface area contributed by atoms with Crippen molar-refractivity contribution in [3.63, 3.8) is 0 Å². The summed E-state index contributed by atoms with van der Waals surface area (Å²) >= 11 is 7.91. The molecule has 0 aliphatic rings. The number of thiophene rings is 1. The molecule has 0 spiro atoms. The third kappa shape index (κ3) is 4.90.